The third kappa shape index (κ3) is 4.46. The molecule has 0 aromatic carbocycles. The highest BCUT2D eigenvalue weighted by Gasteiger charge is 2.29. The highest BCUT2D eigenvalue weighted by Crippen LogP contribution is 2.24. The van der Waals surface area contributed by atoms with Crippen LogP contribution in [-0.2, 0) is 4.74 Å². The summed E-state index contributed by atoms with van der Waals surface area (Å²) in [7, 11) is 1.80. The van der Waals surface area contributed by atoms with E-state index in [0.717, 1.165) is 43.6 Å². The molecule has 2 heterocycles. The minimum atomic E-state index is -0.479. The van der Waals surface area contributed by atoms with Gasteiger partial charge in [-0.05, 0) is 52.2 Å². The number of carbonyl (C=O) groups is 2. The maximum atomic E-state index is 12.2. The second-order valence-electron chi connectivity index (χ2n) is 7.34. The molecule has 1 fully saturated rings. The van der Waals surface area contributed by atoms with E-state index in [1.807, 2.05) is 33.8 Å². The monoisotopic (exact) mass is 333 g/mol. The number of rotatable bonds is 3. The van der Waals surface area contributed by atoms with Gasteiger partial charge in [0.05, 0.1) is 0 Å². The average Bonchev–Trinajstić information content (AvgIpc) is 2.52. The Morgan fingerprint density at radius 3 is 2.50 bits per heavy atom. The summed E-state index contributed by atoms with van der Waals surface area (Å²) >= 11 is 0. The van der Waals surface area contributed by atoms with E-state index in [2.05, 4.69) is 9.88 Å². The summed E-state index contributed by atoms with van der Waals surface area (Å²) in [4.78, 5) is 31.3. The van der Waals surface area contributed by atoms with Crippen molar-refractivity contribution < 1.29 is 14.3 Å². The minimum absolute atomic E-state index is 0.172. The van der Waals surface area contributed by atoms with E-state index < -0.39 is 5.60 Å². The Balaban J connectivity index is 1.96. The van der Waals surface area contributed by atoms with Crippen molar-refractivity contribution in [3.05, 3.63) is 23.4 Å². The Bertz CT molecular complexity index is 602. The van der Waals surface area contributed by atoms with Crippen LogP contribution >= 0.6 is 0 Å². The molecule has 2 rings (SSSR count). The summed E-state index contributed by atoms with van der Waals surface area (Å²) in [5, 5.41) is 0. The summed E-state index contributed by atoms with van der Waals surface area (Å²) in [5.41, 5.74) is 1.11. The Labute approximate surface area is 143 Å². The molecule has 0 spiro atoms. The number of hydrogen-bond donors (Lipinski definition) is 0. The SMILES string of the molecule is Cc1cc(C=O)cnc1N1CCC(N(C)C(=O)OC(C)(C)C)CC1. The van der Waals surface area contributed by atoms with Gasteiger partial charge in [0.1, 0.15) is 11.4 Å². The normalized spacial score (nSPS) is 16.0. The predicted molar refractivity (Wildman–Crippen MR) is 93.6 cm³/mol. The molecule has 1 aromatic rings. The van der Waals surface area contributed by atoms with E-state index in [-0.39, 0.29) is 12.1 Å². The van der Waals surface area contributed by atoms with Crippen LogP contribution in [0.3, 0.4) is 0 Å². The molecule has 1 amide bonds. The molecule has 1 aliphatic heterocycles. The highest BCUT2D eigenvalue weighted by molar-refractivity contribution is 5.75. The van der Waals surface area contributed by atoms with Crippen LogP contribution in [0.2, 0.25) is 0 Å². The topological polar surface area (TPSA) is 62.7 Å². The largest absolute Gasteiger partial charge is 0.444 e. The molecule has 0 radical (unpaired) electrons. The van der Waals surface area contributed by atoms with Crippen molar-refractivity contribution >= 4 is 18.2 Å². The number of piperidine rings is 1. The summed E-state index contributed by atoms with van der Waals surface area (Å²) in [6.07, 6.45) is 3.88. The molecule has 24 heavy (non-hydrogen) atoms. The van der Waals surface area contributed by atoms with Crippen molar-refractivity contribution in [2.75, 3.05) is 25.0 Å². The van der Waals surface area contributed by atoms with Crippen LogP contribution in [-0.4, -0.2) is 54.0 Å². The van der Waals surface area contributed by atoms with Gasteiger partial charge in [-0.3, -0.25) is 4.79 Å². The number of anilines is 1. The molecule has 0 N–H and O–H groups in total. The number of ether oxygens (including phenoxy) is 1. The molecule has 0 aliphatic carbocycles. The lowest BCUT2D eigenvalue weighted by molar-refractivity contribution is 0.0200. The second-order valence-corrected chi connectivity index (χ2v) is 7.34. The van der Waals surface area contributed by atoms with Crippen LogP contribution in [0.5, 0.6) is 0 Å². The Kier molecular flexibility index (Phi) is 5.47. The number of hydrogen-bond acceptors (Lipinski definition) is 5. The quantitative estimate of drug-likeness (QED) is 0.796. The lowest BCUT2D eigenvalue weighted by atomic mass is 10.0. The third-order valence-corrected chi connectivity index (χ3v) is 4.20. The molecular weight excluding hydrogens is 306 g/mol. The summed E-state index contributed by atoms with van der Waals surface area (Å²) < 4.78 is 5.44. The number of aldehydes is 1. The molecule has 6 heteroatoms. The molecule has 132 valence electrons. The fourth-order valence-electron chi connectivity index (χ4n) is 2.93. The van der Waals surface area contributed by atoms with Gasteiger partial charge in [0.25, 0.3) is 0 Å². The van der Waals surface area contributed by atoms with Crippen LogP contribution in [0.4, 0.5) is 10.6 Å². The van der Waals surface area contributed by atoms with Gasteiger partial charge in [-0.25, -0.2) is 9.78 Å². The molecule has 0 unspecified atom stereocenters. The van der Waals surface area contributed by atoms with Gasteiger partial charge < -0.3 is 14.5 Å². The summed E-state index contributed by atoms with van der Waals surface area (Å²) in [6.45, 7) is 9.24. The van der Waals surface area contributed by atoms with Gasteiger partial charge in [-0.15, -0.1) is 0 Å². The Morgan fingerprint density at radius 1 is 1.38 bits per heavy atom. The first-order valence-electron chi connectivity index (χ1n) is 8.34. The van der Waals surface area contributed by atoms with E-state index in [1.54, 1.807) is 18.1 Å². The van der Waals surface area contributed by atoms with Crippen molar-refractivity contribution in [1.82, 2.24) is 9.88 Å². The maximum absolute atomic E-state index is 12.2. The first kappa shape index (κ1) is 18.2. The molecular formula is C18H27N3O3. The molecule has 1 saturated heterocycles. The van der Waals surface area contributed by atoms with Gasteiger partial charge in [0.15, 0.2) is 6.29 Å². The Hall–Kier alpha value is -2.11. The predicted octanol–water partition coefficient (Wildman–Crippen LogP) is 3.04. The van der Waals surface area contributed by atoms with Crippen LogP contribution in [0.15, 0.2) is 12.3 Å². The van der Waals surface area contributed by atoms with Gasteiger partial charge in [0.2, 0.25) is 0 Å². The van der Waals surface area contributed by atoms with Crippen LogP contribution < -0.4 is 4.90 Å². The summed E-state index contributed by atoms with van der Waals surface area (Å²) in [5.74, 6) is 0.916. The van der Waals surface area contributed by atoms with Crippen molar-refractivity contribution in [2.24, 2.45) is 0 Å². The lowest BCUT2D eigenvalue weighted by Crippen LogP contribution is -2.47. The van der Waals surface area contributed by atoms with Crippen molar-refractivity contribution in [3.63, 3.8) is 0 Å². The third-order valence-electron chi connectivity index (χ3n) is 4.20. The van der Waals surface area contributed by atoms with E-state index >= 15 is 0 Å². The van der Waals surface area contributed by atoms with E-state index in [9.17, 15) is 9.59 Å². The fourth-order valence-corrected chi connectivity index (χ4v) is 2.93. The first-order chi connectivity index (χ1) is 11.2. The van der Waals surface area contributed by atoms with E-state index in [0.29, 0.717) is 5.56 Å². The molecule has 0 bridgehead atoms. The van der Waals surface area contributed by atoms with Crippen LogP contribution in [0.25, 0.3) is 0 Å². The summed E-state index contributed by atoms with van der Waals surface area (Å²) in [6, 6.07) is 2.03. The molecule has 6 nitrogen and oxygen atoms in total. The zero-order chi connectivity index (χ0) is 17.9. The van der Waals surface area contributed by atoms with Gasteiger partial charge in [-0.2, -0.15) is 0 Å². The number of aryl methyl sites for hydroxylation is 1. The molecule has 0 saturated carbocycles. The average molecular weight is 333 g/mol. The highest BCUT2D eigenvalue weighted by atomic mass is 16.6. The number of nitrogens with zero attached hydrogens (tertiary/aromatic N) is 3. The number of pyridine rings is 1. The van der Waals surface area contributed by atoms with Gasteiger partial charge in [0, 0.05) is 37.9 Å². The van der Waals surface area contributed by atoms with E-state index in [4.69, 9.17) is 4.74 Å². The van der Waals surface area contributed by atoms with E-state index in [1.165, 1.54) is 0 Å². The Morgan fingerprint density at radius 2 is 2.00 bits per heavy atom. The van der Waals surface area contributed by atoms with Crippen molar-refractivity contribution in [1.29, 1.82) is 0 Å². The van der Waals surface area contributed by atoms with Gasteiger partial charge >= 0.3 is 6.09 Å². The van der Waals surface area contributed by atoms with Gasteiger partial charge in [-0.1, -0.05) is 0 Å². The number of carbonyl (C=O) groups excluding carboxylic acids is 2. The standard InChI is InChI=1S/C18H27N3O3/c1-13-10-14(12-22)11-19-16(13)21-8-6-15(7-9-21)20(5)17(23)24-18(2,3)4/h10-12,15H,6-9H2,1-5H3. The minimum Gasteiger partial charge on any atom is -0.444 e. The zero-order valence-corrected chi connectivity index (χ0v) is 15.2. The lowest BCUT2D eigenvalue weighted by Gasteiger charge is -2.38. The molecule has 1 aliphatic rings. The van der Waals surface area contributed by atoms with Crippen LogP contribution in [0.1, 0.15) is 49.5 Å². The number of aromatic nitrogens is 1. The molecule has 1 aromatic heterocycles. The van der Waals surface area contributed by atoms with Crippen LogP contribution in [0, 0.1) is 6.92 Å². The first-order valence-corrected chi connectivity index (χ1v) is 8.34. The number of amides is 1. The van der Waals surface area contributed by atoms with Crippen molar-refractivity contribution in [3.8, 4) is 0 Å². The fraction of sp³-hybridized carbons (Fsp3) is 0.611. The molecule has 0 atom stereocenters. The zero-order valence-electron chi connectivity index (χ0n) is 15.2. The van der Waals surface area contributed by atoms with Crippen molar-refractivity contribution in [2.45, 2.75) is 52.2 Å². The second kappa shape index (κ2) is 7.20. The smallest absolute Gasteiger partial charge is 0.410 e. The maximum Gasteiger partial charge on any atom is 0.410 e.